The molecule has 6 nitrogen and oxygen atoms in total. The Kier molecular flexibility index (Phi) is 3.66. The van der Waals surface area contributed by atoms with Crippen LogP contribution < -0.4 is 5.73 Å². The first kappa shape index (κ1) is 13.4. The number of anilines is 1. The minimum atomic E-state index is -3.64. The molecule has 0 bridgehead atoms. The SMILES string of the molecule is CC(c1cccs1)N(C)S(=O)(=O)c1nnc(N)s1. The van der Waals surface area contributed by atoms with Crippen molar-refractivity contribution < 1.29 is 8.42 Å². The van der Waals surface area contributed by atoms with Crippen LogP contribution in [0.15, 0.2) is 21.9 Å². The van der Waals surface area contributed by atoms with E-state index < -0.39 is 10.0 Å². The summed E-state index contributed by atoms with van der Waals surface area (Å²) in [4.78, 5) is 0.971. The summed E-state index contributed by atoms with van der Waals surface area (Å²) < 4.78 is 25.7. The number of hydrogen-bond acceptors (Lipinski definition) is 7. The Morgan fingerprint density at radius 1 is 1.44 bits per heavy atom. The maximum absolute atomic E-state index is 12.3. The molecule has 0 amide bonds. The molecule has 1 unspecified atom stereocenters. The minimum Gasteiger partial charge on any atom is -0.374 e. The number of hydrogen-bond donors (Lipinski definition) is 1. The van der Waals surface area contributed by atoms with Crippen molar-refractivity contribution in [2.24, 2.45) is 0 Å². The Morgan fingerprint density at radius 2 is 2.17 bits per heavy atom. The quantitative estimate of drug-likeness (QED) is 0.926. The molecule has 0 saturated carbocycles. The van der Waals surface area contributed by atoms with E-state index in [2.05, 4.69) is 10.2 Å². The van der Waals surface area contributed by atoms with E-state index in [0.717, 1.165) is 16.2 Å². The van der Waals surface area contributed by atoms with Gasteiger partial charge in [0.1, 0.15) is 0 Å². The van der Waals surface area contributed by atoms with Crippen molar-refractivity contribution in [1.29, 1.82) is 0 Å². The van der Waals surface area contributed by atoms with E-state index >= 15 is 0 Å². The first-order valence-corrected chi connectivity index (χ1v) is 8.17. The third kappa shape index (κ3) is 2.39. The monoisotopic (exact) mass is 304 g/mol. The summed E-state index contributed by atoms with van der Waals surface area (Å²) >= 11 is 2.38. The lowest BCUT2D eigenvalue weighted by Crippen LogP contribution is -2.29. The van der Waals surface area contributed by atoms with Crippen LogP contribution in [-0.2, 0) is 10.0 Å². The molecule has 2 aromatic heterocycles. The van der Waals surface area contributed by atoms with Gasteiger partial charge in [0.15, 0.2) is 0 Å². The van der Waals surface area contributed by atoms with Gasteiger partial charge in [-0.05, 0) is 18.4 Å². The Labute approximate surface area is 113 Å². The highest BCUT2D eigenvalue weighted by Crippen LogP contribution is 2.29. The zero-order valence-electron chi connectivity index (χ0n) is 9.77. The van der Waals surface area contributed by atoms with E-state index in [0.29, 0.717) is 0 Å². The largest absolute Gasteiger partial charge is 0.374 e. The molecule has 1 atom stereocenters. The Morgan fingerprint density at radius 3 is 2.67 bits per heavy atom. The maximum atomic E-state index is 12.3. The average molecular weight is 304 g/mol. The Hall–Kier alpha value is -1.03. The fraction of sp³-hybridized carbons (Fsp3) is 0.333. The summed E-state index contributed by atoms with van der Waals surface area (Å²) in [6.07, 6.45) is 0. The molecule has 0 aromatic carbocycles. The van der Waals surface area contributed by atoms with Gasteiger partial charge in [-0.3, -0.25) is 0 Å². The summed E-state index contributed by atoms with van der Waals surface area (Å²) in [6.45, 7) is 1.83. The van der Waals surface area contributed by atoms with Crippen LogP contribution >= 0.6 is 22.7 Å². The van der Waals surface area contributed by atoms with E-state index in [1.807, 2.05) is 24.4 Å². The van der Waals surface area contributed by atoms with Gasteiger partial charge in [0.25, 0.3) is 10.0 Å². The highest BCUT2D eigenvalue weighted by molar-refractivity contribution is 7.91. The van der Waals surface area contributed by atoms with Crippen LogP contribution in [0.3, 0.4) is 0 Å². The number of nitrogens with two attached hydrogens (primary N) is 1. The van der Waals surface area contributed by atoms with Crippen molar-refractivity contribution in [2.75, 3.05) is 12.8 Å². The molecule has 0 aliphatic rings. The first-order chi connectivity index (χ1) is 8.43. The molecule has 2 aromatic rings. The highest BCUT2D eigenvalue weighted by Gasteiger charge is 2.30. The second-order valence-electron chi connectivity index (χ2n) is 3.62. The van der Waals surface area contributed by atoms with Crippen LogP contribution in [0, 0.1) is 0 Å². The second-order valence-corrected chi connectivity index (χ2v) is 7.78. The van der Waals surface area contributed by atoms with Crippen LogP contribution in [0.2, 0.25) is 0 Å². The summed E-state index contributed by atoms with van der Waals surface area (Å²) in [5.41, 5.74) is 5.41. The minimum absolute atomic E-state index is 0.0779. The molecule has 0 aliphatic heterocycles. The van der Waals surface area contributed by atoms with Crippen LogP contribution in [-0.4, -0.2) is 30.0 Å². The normalized spacial score (nSPS) is 13.9. The summed E-state index contributed by atoms with van der Waals surface area (Å²) in [7, 11) is -2.11. The molecular formula is C9H12N4O2S3. The number of sulfonamides is 1. The number of thiophene rings is 1. The zero-order chi connectivity index (χ0) is 13.3. The molecule has 98 valence electrons. The van der Waals surface area contributed by atoms with Crippen molar-refractivity contribution >= 4 is 37.8 Å². The predicted octanol–water partition coefficient (Wildman–Crippen LogP) is 1.56. The van der Waals surface area contributed by atoms with Gasteiger partial charge < -0.3 is 5.73 Å². The van der Waals surface area contributed by atoms with Crippen molar-refractivity contribution in [3.63, 3.8) is 0 Å². The molecule has 2 N–H and O–H groups in total. The van der Waals surface area contributed by atoms with Crippen molar-refractivity contribution in [3.8, 4) is 0 Å². The molecular weight excluding hydrogens is 292 g/mol. The van der Waals surface area contributed by atoms with E-state index in [1.54, 1.807) is 0 Å². The van der Waals surface area contributed by atoms with E-state index in [-0.39, 0.29) is 15.5 Å². The van der Waals surface area contributed by atoms with Gasteiger partial charge in [0.05, 0.1) is 6.04 Å². The van der Waals surface area contributed by atoms with Gasteiger partial charge in [-0.15, -0.1) is 21.5 Å². The maximum Gasteiger partial charge on any atom is 0.272 e. The average Bonchev–Trinajstić information content (AvgIpc) is 2.97. The van der Waals surface area contributed by atoms with Gasteiger partial charge in [-0.2, -0.15) is 4.31 Å². The fourth-order valence-corrected chi connectivity index (χ4v) is 4.55. The van der Waals surface area contributed by atoms with Gasteiger partial charge in [0, 0.05) is 11.9 Å². The number of nitrogen functional groups attached to an aromatic ring is 1. The van der Waals surface area contributed by atoms with Gasteiger partial charge in [-0.1, -0.05) is 17.4 Å². The van der Waals surface area contributed by atoms with Gasteiger partial charge in [0.2, 0.25) is 9.47 Å². The number of nitrogens with zero attached hydrogens (tertiary/aromatic N) is 3. The zero-order valence-corrected chi connectivity index (χ0v) is 12.2. The van der Waals surface area contributed by atoms with Crippen molar-refractivity contribution in [3.05, 3.63) is 22.4 Å². The van der Waals surface area contributed by atoms with Crippen molar-refractivity contribution in [2.45, 2.75) is 17.3 Å². The van der Waals surface area contributed by atoms with E-state index in [1.165, 1.54) is 22.7 Å². The second kappa shape index (κ2) is 4.92. The predicted molar refractivity (Wildman–Crippen MR) is 72.0 cm³/mol. The highest BCUT2D eigenvalue weighted by atomic mass is 32.2. The molecule has 0 saturated heterocycles. The molecule has 18 heavy (non-hydrogen) atoms. The third-order valence-corrected chi connectivity index (χ3v) is 6.59. The van der Waals surface area contributed by atoms with Crippen molar-refractivity contribution in [1.82, 2.24) is 14.5 Å². The van der Waals surface area contributed by atoms with Crippen LogP contribution in [0.4, 0.5) is 5.13 Å². The lowest BCUT2D eigenvalue weighted by molar-refractivity contribution is 0.402. The lowest BCUT2D eigenvalue weighted by atomic mass is 10.3. The van der Waals surface area contributed by atoms with Gasteiger partial charge >= 0.3 is 0 Å². The Bertz CT molecular complexity index is 620. The summed E-state index contributed by atoms with van der Waals surface area (Å²) in [5.74, 6) is 0. The first-order valence-electron chi connectivity index (χ1n) is 5.03. The fourth-order valence-electron chi connectivity index (χ4n) is 1.36. The Balaban J connectivity index is 2.31. The molecule has 0 radical (unpaired) electrons. The molecule has 9 heteroatoms. The van der Waals surface area contributed by atoms with Crippen LogP contribution in [0.5, 0.6) is 0 Å². The smallest absolute Gasteiger partial charge is 0.272 e. The summed E-state index contributed by atoms with van der Waals surface area (Å²) in [5, 5.41) is 9.18. The summed E-state index contributed by atoms with van der Waals surface area (Å²) in [6, 6.07) is 3.54. The molecule has 0 spiro atoms. The number of rotatable bonds is 4. The van der Waals surface area contributed by atoms with E-state index in [4.69, 9.17) is 5.73 Å². The van der Waals surface area contributed by atoms with Gasteiger partial charge in [-0.25, -0.2) is 8.42 Å². The lowest BCUT2D eigenvalue weighted by Gasteiger charge is -2.21. The standard InChI is InChI=1S/C9H12N4O2S3/c1-6(7-4-3-5-16-7)13(2)18(14,15)9-12-11-8(10)17-9/h3-6H,1-2H3,(H2,10,11). The molecule has 2 rings (SSSR count). The third-order valence-electron chi connectivity index (χ3n) is 2.52. The number of aromatic nitrogens is 2. The molecule has 0 aliphatic carbocycles. The molecule has 0 fully saturated rings. The van der Waals surface area contributed by atoms with E-state index in [9.17, 15) is 8.42 Å². The van der Waals surface area contributed by atoms with Crippen LogP contribution in [0.1, 0.15) is 17.8 Å². The molecule has 2 heterocycles. The topological polar surface area (TPSA) is 89.2 Å². The van der Waals surface area contributed by atoms with Crippen LogP contribution in [0.25, 0.3) is 0 Å².